The summed E-state index contributed by atoms with van der Waals surface area (Å²) in [4.78, 5) is 24.6. The van der Waals surface area contributed by atoms with Crippen LogP contribution in [0.3, 0.4) is 0 Å². The summed E-state index contributed by atoms with van der Waals surface area (Å²) in [7, 11) is 5.19. The highest BCUT2D eigenvalue weighted by molar-refractivity contribution is 6.24. The van der Waals surface area contributed by atoms with Crippen molar-refractivity contribution in [2.24, 2.45) is 0 Å². The molecule has 78 valence electrons. The van der Waals surface area contributed by atoms with E-state index in [-0.39, 0.29) is 11.7 Å². The standard InChI is InChI=1S/C11H14BNO2/c1-13(2)11(15)9-5-3-4-8(6-9)10(14)7-12/h3-6H,7,12H2,1-2H3. The lowest BCUT2D eigenvalue weighted by Gasteiger charge is -2.10. The normalized spacial score (nSPS) is 9.73. The van der Waals surface area contributed by atoms with Crippen molar-refractivity contribution in [2.45, 2.75) is 6.32 Å². The van der Waals surface area contributed by atoms with Crippen molar-refractivity contribution in [3.8, 4) is 0 Å². The number of Topliss-reactive ketones (excluding diaryl/α,β-unsaturated/α-hetero) is 1. The summed E-state index contributed by atoms with van der Waals surface area (Å²) in [6, 6.07) is 6.83. The Morgan fingerprint density at radius 1 is 1.27 bits per heavy atom. The molecule has 0 unspecified atom stereocenters. The summed E-state index contributed by atoms with van der Waals surface area (Å²) in [5, 5.41) is 0. The average Bonchev–Trinajstić information content (AvgIpc) is 2.27. The van der Waals surface area contributed by atoms with Gasteiger partial charge in [-0.05, 0) is 18.5 Å². The van der Waals surface area contributed by atoms with Crippen LogP contribution in [0.15, 0.2) is 24.3 Å². The van der Waals surface area contributed by atoms with Gasteiger partial charge >= 0.3 is 0 Å². The lowest BCUT2D eigenvalue weighted by atomic mass is 9.95. The van der Waals surface area contributed by atoms with Crippen molar-refractivity contribution in [1.82, 2.24) is 4.90 Å². The van der Waals surface area contributed by atoms with Crippen molar-refractivity contribution in [3.63, 3.8) is 0 Å². The van der Waals surface area contributed by atoms with Crippen LogP contribution in [-0.2, 0) is 0 Å². The number of rotatable bonds is 3. The quantitative estimate of drug-likeness (QED) is 0.533. The smallest absolute Gasteiger partial charge is 0.253 e. The third-order valence-electron chi connectivity index (χ3n) is 2.16. The Hall–Kier alpha value is -1.58. The lowest BCUT2D eigenvalue weighted by Crippen LogP contribution is -2.21. The van der Waals surface area contributed by atoms with Gasteiger partial charge in [-0.3, -0.25) is 9.59 Å². The molecule has 0 saturated carbocycles. The molecule has 0 saturated heterocycles. The lowest BCUT2D eigenvalue weighted by molar-refractivity contribution is 0.0827. The van der Waals surface area contributed by atoms with E-state index >= 15 is 0 Å². The number of hydrogen-bond donors (Lipinski definition) is 0. The summed E-state index contributed by atoms with van der Waals surface area (Å²) < 4.78 is 0. The van der Waals surface area contributed by atoms with Gasteiger partial charge in [0.1, 0.15) is 7.85 Å². The van der Waals surface area contributed by atoms with Crippen LogP contribution in [0, 0.1) is 0 Å². The maximum absolute atomic E-state index is 11.6. The number of carbonyl (C=O) groups is 2. The van der Waals surface area contributed by atoms with Gasteiger partial charge in [-0.1, -0.05) is 12.1 Å². The van der Waals surface area contributed by atoms with E-state index in [2.05, 4.69) is 0 Å². The van der Waals surface area contributed by atoms with Crippen molar-refractivity contribution < 1.29 is 9.59 Å². The molecular formula is C11H14BNO2. The zero-order valence-electron chi connectivity index (χ0n) is 9.28. The average molecular weight is 203 g/mol. The van der Waals surface area contributed by atoms with Crippen LogP contribution in [0.1, 0.15) is 20.7 Å². The van der Waals surface area contributed by atoms with Gasteiger partial charge in [0.2, 0.25) is 0 Å². The van der Waals surface area contributed by atoms with Gasteiger partial charge in [-0.25, -0.2) is 0 Å². The van der Waals surface area contributed by atoms with Gasteiger partial charge in [0, 0.05) is 25.2 Å². The highest BCUT2D eigenvalue weighted by Gasteiger charge is 2.10. The first-order valence-electron chi connectivity index (χ1n) is 4.91. The second-order valence-electron chi connectivity index (χ2n) is 3.56. The number of nitrogens with zero attached hydrogens (tertiary/aromatic N) is 1. The van der Waals surface area contributed by atoms with Gasteiger partial charge in [-0.15, -0.1) is 0 Å². The van der Waals surface area contributed by atoms with E-state index in [1.165, 1.54) is 4.90 Å². The van der Waals surface area contributed by atoms with Crippen LogP contribution in [-0.4, -0.2) is 38.5 Å². The Bertz CT molecular complexity index is 388. The molecule has 0 aromatic heterocycles. The topological polar surface area (TPSA) is 37.4 Å². The van der Waals surface area contributed by atoms with Crippen LogP contribution >= 0.6 is 0 Å². The number of benzene rings is 1. The van der Waals surface area contributed by atoms with Crippen LogP contribution in [0.5, 0.6) is 0 Å². The summed E-state index contributed by atoms with van der Waals surface area (Å²) in [6.07, 6.45) is 0.458. The molecule has 15 heavy (non-hydrogen) atoms. The molecule has 0 bridgehead atoms. The van der Waals surface area contributed by atoms with Crippen molar-refractivity contribution in [1.29, 1.82) is 0 Å². The molecule has 0 fully saturated rings. The molecule has 0 aliphatic rings. The Labute approximate surface area is 90.5 Å². The molecule has 0 heterocycles. The molecule has 1 aromatic carbocycles. The zero-order valence-corrected chi connectivity index (χ0v) is 9.28. The van der Waals surface area contributed by atoms with E-state index in [0.29, 0.717) is 17.4 Å². The minimum Gasteiger partial charge on any atom is -0.345 e. The molecular weight excluding hydrogens is 189 g/mol. The molecule has 0 aliphatic heterocycles. The van der Waals surface area contributed by atoms with Gasteiger partial charge in [-0.2, -0.15) is 0 Å². The highest BCUT2D eigenvalue weighted by atomic mass is 16.2. The summed E-state index contributed by atoms with van der Waals surface area (Å²) in [5.74, 6) is -0.0239. The van der Waals surface area contributed by atoms with E-state index in [1.54, 1.807) is 38.4 Å². The van der Waals surface area contributed by atoms with Crippen LogP contribution in [0.25, 0.3) is 0 Å². The maximum Gasteiger partial charge on any atom is 0.253 e. The zero-order chi connectivity index (χ0) is 11.4. The minimum absolute atomic E-state index is 0.0587. The predicted molar refractivity (Wildman–Crippen MR) is 62.1 cm³/mol. The van der Waals surface area contributed by atoms with Gasteiger partial charge in [0.25, 0.3) is 5.91 Å². The molecule has 4 heteroatoms. The monoisotopic (exact) mass is 203 g/mol. The molecule has 3 nitrogen and oxygen atoms in total. The Morgan fingerprint density at radius 2 is 1.87 bits per heavy atom. The molecule has 0 aliphatic carbocycles. The van der Waals surface area contributed by atoms with Crippen molar-refractivity contribution in [3.05, 3.63) is 35.4 Å². The Morgan fingerprint density at radius 3 is 2.40 bits per heavy atom. The second-order valence-corrected chi connectivity index (χ2v) is 3.56. The molecule has 0 N–H and O–H groups in total. The van der Waals surface area contributed by atoms with Crippen LogP contribution < -0.4 is 0 Å². The van der Waals surface area contributed by atoms with Gasteiger partial charge in [0.15, 0.2) is 5.78 Å². The first-order chi connectivity index (χ1) is 7.06. The first-order valence-corrected chi connectivity index (χ1v) is 4.91. The predicted octanol–water partition coefficient (Wildman–Crippen LogP) is 0.622. The summed E-state index contributed by atoms with van der Waals surface area (Å²) in [6.45, 7) is 0. The molecule has 0 atom stereocenters. The Kier molecular flexibility index (Phi) is 3.66. The third-order valence-corrected chi connectivity index (χ3v) is 2.16. The molecule has 0 radical (unpaired) electrons. The molecule has 0 spiro atoms. The maximum atomic E-state index is 11.6. The summed E-state index contributed by atoms with van der Waals surface area (Å²) in [5.41, 5.74) is 1.16. The van der Waals surface area contributed by atoms with E-state index in [0.717, 1.165) is 0 Å². The SMILES string of the molecule is BCC(=O)c1cccc(C(=O)N(C)C)c1. The van der Waals surface area contributed by atoms with Crippen LogP contribution in [0.4, 0.5) is 0 Å². The molecule has 1 rings (SSSR count). The van der Waals surface area contributed by atoms with E-state index in [1.807, 2.05) is 7.85 Å². The molecule has 1 amide bonds. The van der Waals surface area contributed by atoms with Crippen molar-refractivity contribution in [2.75, 3.05) is 14.1 Å². The largest absolute Gasteiger partial charge is 0.345 e. The minimum atomic E-state index is -0.0826. The fourth-order valence-electron chi connectivity index (χ4n) is 1.29. The third kappa shape index (κ3) is 2.69. The number of hydrogen-bond acceptors (Lipinski definition) is 2. The highest BCUT2D eigenvalue weighted by Crippen LogP contribution is 2.09. The van der Waals surface area contributed by atoms with Gasteiger partial charge < -0.3 is 4.90 Å². The molecule has 1 aromatic rings. The number of carbonyl (C=O) groups excluding carboxylic acids is 2. The first kappa shape index (κ1) is 11.5. The van der Waals surface area contributed by atoms with E-state index in [4.69, 9.17) is 0 Å². The number of amides is 1. The Balaban J connectivity index is 3.02. The fourth-order valence-corrected chi connectivity index (χ4v) is 1.29. The fraction of sp³-hybridized carbons (Fsp3) is 0.273. The van der Waals surface area contributed by atoms with E-state index < -0.39 is 0 Å². The van der Waals surface area contributed by atoms with Gasteiger partial charge in [0.05, 0.1) is 0 Å². The summed E-state index contributed by atoms with van der Waals surface area (Å²) >= 11 is 0. The van der Waals surface area contributed by atoms with Crippen molar-refractivity contribution >= 4 is 19.5 Å². The van der Waals surface area contributed by atoms with E-state index in [9.17, 15) is 9.59 Å². The van der Waals surface area contributed by atoms with Crippen LogP contribution in [0.2, 0.25) is 6.32 Å². The second kappa shape index (κ2) is 4.78. The number of ketones is 1.